The predicted molar refractivity (Wildman–Crippen MR) is 113 cm³/mol. The smallest absolute Gasteiger partial charge is 0.401 e. The molecule has 10 heteroatoms. The van der Waals surface area contributed by atoms with E-state index in [1.54, 1.807) is 6.26 Å². The molecule has 0 aliphatic carbocycles. The van der Waals surface area contributed by atoms with Crippen molar-refractivity contribution in [2.45, 2.75) is 38.4 Å². The molecule has 28 heavy (non-hydrogen) atoms. The fourth-order valence-electron chi connectivity index (χ4n) is 2.95. The van der Waals surface area contributed by atoms with Gasteiger partial charge < -0.3 is 19.8 Å². The summed E-state index contributed by atoms with van der Waals surface area (Å²) in [5, 5.41) is 6.50. The summed E-state index contributed by atoms with van der Waals surface area (Å²) >= 11 is 0. The molecule has 2 N–H and O–H groups in total. The van der Waals surface area contributed by atoms with Gasteiger partial charge in [0.25, 0.3) is 0 Å². The van der Waals surface area contributed by atoms with Crippen LogP contribution in [0.3, 0.4) is 0 Å². The highest BCUT2D eigenvalue weighted by Crippen LogP contribution is 2.19. The molecule has 0 amide bonds. The second-order valence-corrected chi connectivity index (χ2v) is 6.52. The summed E-state index contributed by atoms with van der Waals surface area (Å²) in [7, 11) is 0. The Morgan fingerprint density at radius 1 is 1.43 bits per heavy atom. The van der Waals surface area contributed by atoms with Gasteiger partial charge in [-0.05, 0) is 31.9 Å². The van der Waals surface area contributed by atoms with Gasteiger partial charge in [0.05, 0.1) is 12.8 Å². The van der Waals surface area contributed by atoms with Gasteiger partial charge in [0.15, 0.2) is 5.96 Å². The molecule has 2 rings (SSSR count). The fourth-order valence-corrected chi connectivity index (χ4v) is 2.95. The lowest BCUT2D eigenvalue weighted by Crippen LogP contribution is -2.45. The number of hydrogen-bond acceptors (Lipinski definition) is 4. The second-order valence-electron chi connectivity index (χ2n) is 6.52. The van der Waals surface area contributed by atoms with Crippen molar-refractivity contribution in [1.82, 2.24) is 15.5 Å². The van der Waals surface area contributed by atoms with Crippen LogP contribution in [0.4, 0.5) is 13.2 Å². The van der Waals surface area contributed by atoms with Gasteiger partial charge in [-0.1, -0.05) is 0 Å². The third kappa shape index (κ3) is 10.5. The van der Waals surface area contributed by atoms with Crippen molar-refractivity contribution in [3.05, 3.63) is 24.2 Å². The first kappa shape index (κ1) is 25.0. The minimum absolute atomic E-state index is 0. The average Bonchev–Trinajstić information content (AvgIpc) is 3.25. The summed E-state index contributed by atoms with van der Waals surface area (Å²) in [5.41, 5.74) is 0. The molecule has 0 spiro atoms. The Hall–Kier alpha value is -1.01. The van der Waals surface area contributed by atoms with E-state index in [-0.39, 0.29) is 30.0 Å². The molecule has 0 bridgehead atoms. The van der Waals surface area contributed by atoms with E-state index in [1.165, 1.54) is 4.90 Å². The second kappa shape index (κ2) is 13.3. The molecule has 1 saturated heterocycles. The Kier molecular flexibility index (Phi) is 11.8. The van der Waals surface area contributed by atoms with Gasteiger partial charge in [0.2, 0.25) is 0 Å². The highest BCUT2D eigenvalue weighted by atomic mass is 127. The number of furan rings is 1. The highest BCUT2D eigenvalue weighted by Gasteiger charge is 2.34. The van der Waals surface area contributed by atoms with E-state index < -0.39 is 12.7 Å². The van der Waals surface area contributed by atoms with Crippen molar-refractivity contribution in [1.29, 1.82) is 0 Å². The molecule has 1 aromatic rings. The van der Waals surface area contributed by atoms with Crippen LogP contribution in [0, 0.1) is 0 Å². The quantitative estimate of drug-likeness (QED) is 0.216. The van der Waals surface area contributed by atoms with Crippen molar-refractivity contribution in [3.8, 4) is 0 Å². The first-order chi connectivity index (χ1) is 13.0. The highest BCUT2D eigenvalue weighted by molar-refractivity contribution is 14.0. The van der Waals surface area contributed by atoms with Gasteiger partial charge in [-0.15, -0.1) is 24.0 Å². The Labute approximate surface area is 181 Å². The molecule has 0 radical (unpaired) electrons. The van der Waals surface area contributed by atoms with Crippen molar-refractivity contribution in [2.24, 2.45) is 4.99 Å². The summed E-state index contributed by atoms with van der Waals surface area (Å²) in [6.45, 7) is 4.41. The Bertz CT molecular complexity index is 556. The summed E-state index contributed by atoms with van der Waals surface area (Å²) < 4.78 is 48.3. The maximum Gasteiger partial charge on any atom is 0.401 e. The van der Waals surface area contributed by atoms with Crippen molar-refractivity contribution in [3.63, 3.8) is 0 Å². The minimum Gasteiger partial charge on any atom is -0.469 e. The van der Waals surface area contributed by atoms with Crippen LogP contribution < -0.4 is 10.6 Å². The topological polar surface area (TPSA) is 62.0 Å². The van der Waals surface area contributed by atoms with Crippen LogP contribution >= 0.6 is 24.0 Å². The normalized spacial score (nSPS) is 18.1. The summed E-state index contributed by atoms with van der Waals surface area (Å²) in [4.78, 5) is 5.94. The number of halogens is 4. The van der Waals surface area contributed by atoms with E-state index in [1.807, 2.05) is 19.1 Å². The van der Waals surface area contributed by atoms with Crippen molar-refractivity contribution in [2.75, 3.05) is 45.9 Å². The van der Waals surface area contributed by atoms with Crippen LogP contribution in [0.2, 0.25) is 0 Å². The molecule has 1 fully saturated rings. The van der Waals surface area contributed by atoms with Crippen LogP contribution in [-0.2, 0) is 11.2 Å². The number of aliphatic imine (C=N–C) groups is 1. The van der Waals surface area contributed by atoms with E-state index >= 15 is 0 Å². The molecular weight excluding hydrogens is 488 g/mol. The number of alkyl halides is 3. The SMILES string of the molecule is CCOCCCN=C(NCCc1ccco1)NC1CCN(CC(F)(F)F)C1.I. The number of likely N-dealkylation sites (tertiary alicyclic amines) is 1. The van der Waals surface area contributed by atoms with Crippen LogP contribution in [0.5, 0.6) is 0 Å². The first-order valence-electron chi connectivity index (χ1n) is 9.40. The fraction of sp³-hybridized carbons (Fsp3) is 0.722. The van der Waals surface area contributed by atoms with Crippen LogP contribution in [0.1, 0.15) is 25.5 Å². The molecule has 1 aliphatic rings. The Morgan fingerprint density at radius 3 is 2.93 bits per heavy atom. The molecule has 1 atom stereocenters. The van der Waals surface area contributed by atoms with Gasteiger partial charge >= 0.3 is 6.18 Å². The zero-order valence-electron chi connectivity index (χ0n) is 16.1. The largest absolute Gasteiger partial charge is 0.469 e. The third-order valence-corrected chi connectivity index (χ3v) is 4.18. The maximum absolute atomic E-state index is 12.5. The molecule has 0 aromatic carbocycles. The number of hydrogen-bond donors (Lipinski definition) is 2. The molecule has 1 aromatic heterocycles. The van der Waals surface area contributed by atoms with Gasteiger partial charge in [-0.3, -0.25) is 9.89 Å². The number of ether oxygens (including phenoxy) is 1. The standard InChI is InChI=1S/C18H29F3N4O2.HI/c1-2-26-11-4-8-22-17(23-9-6-16-5-3-12-27-16)24-15-7-10-25(13-15)14-18(19,20)21;/h3,5,12,15H,2,4,6-11,13-14H2,1H3,(H2,22,23,24);1H. The molecular formula is C18H30F3IN4O2. The van der Waals surface area contributed by atoms with E-state index in [0.29, 0.717) is 58.2 Å². The zero-order valence-corrected chi connectivity index (χ0v) is 18.5. The molecule has 0 saturated carbocycles. The molecule has 1 unspecified atom stereocenters. The summed E-state index contributed by atoms with van der Waals surface area (Å²) in [6, 6.07) is 3.69. The average molecular weight is 518 g/mol. The van der Waals surface area contributed by atoms with Crippen LogP contribution in [0.15, 0.2) is 27.8 Å². The molecule has 162 valence electrons. The third-order valence-electron chi connectivity index (χ3n) is 4.18. The minimum atomic E-state index is -4.16. The summed E-state index contributed by atoms with van der Waals surface area (Å²) in [5.74, 6) is 1.49. The van der Waals surface area contributed by atoms with E-state index in [9.17, 15) is 13.2 Å². The van der Waals surface area contributed by atoms with E-state index in [0.717, 1.165) is 12.2 Å². The van der Waals surface area contributed by atoms with Crippen LogP contribution in [0.25, 0.3) is 0 Å². The number of rotatable bonds is 10. The first-order valence-corrected chi connectivity index (χ1v) is 9.40. The lowest BCUT2D eigenvalue weighted by Gasteiger charge is -2.20. The lowest BCUT2D eigenvalue weighted by molar-refractivity contribution is -0.143. The molecule has 1 aliphatic heterocycles. The van der Waals surface area contributed by atoms with Gasteiger partial charge in [-0.25, -0.2) is 0 Å². The number of nitrogens with zero attached hydrogens (tertiary/aromatic N) is 2. The van der Waals surface area contributed by atoms with E-state index in [2.05, 4.69) is 15.6 Å². The van der Waals surface area contributed by atoms with Crippen molar-refractivity contribution >= 4 is 29.9 Å². The van der Waals surface area contributed by atoms with Gasteiger partial charge in [0, 0.05) is 51.9 Å². The zero-order chi connectivity index (χ0) is 19.5. The van der Waals surface area contributed by atoms with Gasteiger partial charge in [-0.2, -0.15) is 13.2 Å². The number of guanidine groups is 1. The van der Waals surface area contributed by atoms with Crippen LogP contribution in [-0.4, -0.2) is 69.0 Å². The Morgan fingerprint density at radius 2 is 2.25 bits per heavy atom. The number of nitrogens with one attached hydrogen (secondary N) is 2. The van der Waals surface area contributed by atoms with E-state index in [4.69, 9.17) is 9.15 Å². The monoisotopic (exact) mass is 518 g/mol. The Balaban J connectivity index is 0.00000392. The summed E-state index contributed by atoms with van der Waals surface area (Å²) in [6.07, 6.45) is -0.369. The van der Waals surface area contributed by atoms with Crippen molar-refractivity contribution < 1.29 is 22.3 Å². The molecule has 2 heterocycles. The molecule has 6 nitrogen and oxygen atoms in total. The van der Waals surface area contributed by atoms with Gasteiger partial charge in [0.1, 0.15) is 5.76 Å². The predicted octanol–water partition coefficient (Wildman–Crippen LogP) is 3.04. The lowest BCUT2D eigenvalue weighted by atomic mass is 10.3. The maximum atomic E-state index is 12.5.